The highest BCUT2D eigenvalue weighted by molar-refractivity contribution is 5.95. The van der Waals surface area contributed by atoms with Crippen LogP contribution >= 0.6 is 0 Å². The van der Waals surface area contributed by atoms with Crippen molar-refractivity contribution in [1.29, 1.82) is 0 Å². The second-order valence-corrected chi connectivity index (χ2v) is 5.00. The van der Waals surface area contributed by atoms with E-state index >= 15 is 0 Å². The average Bonchev–Trinajstić information content (AvgIpc) is 3.02. The lowest BCUT2D eigenvalue weighted by molar-refractivity contribution is 0.0303. The lowest BCUT2D eigenvalue weighted by Crippen LogP contribution is -2.40. The third-order valence-electron chi connectivity index (χ3n) is 3.64. The van der Waals surface area contributed by atoms with Crippen LogP contribution in [0.25, 0.3) is 5.69 Å². The molecule has 0 N–H and O–H groups in total. The minimum atomic E-state index is 0.0849. The molecule has 3 rings (SSSR count). The van der Waals surface area contributed by atoms with Crippen LogP contribution in [0.3, 0.4) is 0 Å². The van der Waals surface area contributed by atoms with Crippen molar-refractivity contribution in [2.75, 3.05) is 26.3 Å². The second kappa shape index (κ2) is 5.51. The Kier molecular flexibility index (Phi) is 3.56. The number of morpholine rings is 1. The molecule has 0 saturated carbocycles. The molecule has 1 aliphatic rings. The van der Waals surface area contributed by atoms with Gasteiger partial charge in [-0.1, -0.05) is 6.07 Å². The van der Waals surface area contributed by atoms with Crippen molar-refractivity contribution in [3.05, 3.63) is 53.9 Å². The first kappa shape index (κ1) is 12.9. The second-order valence-electron chi connectivity index (χ2n) is 5.00. The maximum atomic E-state index is 12.5. The van der Waals surface area contributed by atoms with Gasteiger partial charge in [0.25, 0.3) is 5.91 Å². The number of hydrogen-bond donors (Lipinski definition) is 0. The molecule has 0 radical (unpaired) electrons. The number of benzene rings is 1. The fourth-order valence-corrected chi connectivity index (χ4v) is 2.46. The van der Waals surface area contributed by atoms with Crippen LogP contribution in [-0.2, 0) is 4.74 Å². The van der Waals surface area contributed by atoms with Gasteiger partial charge in [0.05, 0.1) is 13.2 Å². The molecule has 104 valence electrons. The van der Waals surface area contributed by atoms with E-state index in [0.717, 1.165) is 16.8 Å². The van der Waals surface area contributed by atoms with E-state index in [1.165, 1.54) is 0 Å². The number of rotatable bonds is 2. The first-order valence-corrected chi connectivity index (χ1v) is 6.87. The van der Waals surface area contributed by atoms with Gasteiger partial charge >= 0.3 is 0 Å². The Morgan fingerprint density at radius 3 is 2.55 bits per heavy atom. The van der Waals surface area contributed by atoms with Crippen LogP contribution in [0.4, 0.5) is 0 Å². The molecule has 2 heterocycles. The van der Waals surface area contributed by atoms with E-state index in [2.05, 4.69) is 6.92 Å². The highest BCUT2D eigenvalue weighted by atomic mass is 16.5. The zero-order valence-corrected chi connectivity index (χ0v) is 11.6. The van der Waals surface area contributed by atoms with Crippen LogP contribution in [0.2, 0.25) is 0 Å². The molecule has 1 aromatic carbocycles. The van der Waals surface area contributed by atoms with Gasteiger partial charge in [-0.15, -0.1) is 0 Å². The number of ether oxygens (including phenoxy) is 1. The number of aryl methyl sites for hydroxylation is 1. The van der Waals surface area contributed by atoms with E-state index in [1.54, 1.807) is 0 Å². The summed E-state index contributed by atoms with van der Waals surface area (Å²) in [5.41, 5.74) is 2.94. The Morgan fingerprint density at radius 1 is 1.15 bits per heavy atom. The summed E-state index contributed by atoms with van der Waals surface area (Å²) in [6, 6.07) is 9.84. The van der Waals surface area contributed by atoms with Crippen LogP contribution < -0.4 is 0 Å². The predicted molar refractivity (Wildman–Crippen MR) is 77.2 cm³/mol. The van der Waals surface area contributed by atoms with Crippen molar-refractivity contribution in [1.82, 2.24) is 9.47 Å². The SMILES string of the molecule is Cc1ccc(C(=O)N2CCOCC2)cc1-n1cccc1. The van der Waals surface area contributed by atoms with Crippen molar-refractivity contribution in [2.45, 2.75) is 6.92 Å². The lowest BCUT2D eigenvalue weighted by Gasteiger charge is -2.27. The molecule has 4 heteroatoms. The highest BCUT2D eigenvalue weighted by Gasteiger charge is 2.19. The quantitative estimate of drug-likeness (QED) is 0.839. The fourth-order valence-electron chi connectivity index (χ4n) is 2.46. The van der Waals surface area contributed by atoms with Gasteiger partial charge in [0.1, 0.15) is 0 Å². The van der Waals surface area contributed by atoms with Gasteiger partial charge in [0, 0.05) is 36.7 Å². The van der Waals surface area contributed by atoms with E-state index in [0.29, 0.717) is 26.3 Å². The molecule has 4 nitrogen and oxygen atoms in total. The summed E-state index contributed by atoms with van der Waals surface area (Å²) < 4.78 is 7.32. The Bertz CT molecular complexity index is 599. The van der Waals surface area contributed by atoms with Crippen molar-refractivity contribution in [2.24, 2.45) is 0 Å². The minimum Gasteiger partial charge on any atom is -0.378 e. The molecule has 1 aliphatic heterocycles. The number of aromatic nitrogens is 1. The first-order valence-electron chi connectivity index (χ1n) is 6.87. The Morgan fingerprint density at radius 2 is 1.85 bits per heavy atom. The van der Waals surface area contributed by atoms with Gasteiger partial charge in [0.2, 0.25) is 0 Å². The Hall–Kier alpha value is -2.07. The molecule has 1 fully saturated rings. The van der Waals surface area contributed by atoms with Gasteiger partial charge in [-0.2, -0.15) is 0 Å². The lowest BCUT2D eigenvalue weighted by atomic mass is 10.1. The van der Waals surface area contributed by atoms with Crippen molar-refractivity contribution in [3.8, 4) is 5.69 Å². The van der Waals surface area contributed by atoms with Crippen LogP contribution in [0.15, 0.2) is 42.7 Å². The normalized spacial score (nSPS) is 15.3. The molecule has 1 saturated heterocycles. The topological polar surface area (TPSA) is 34.5 Å². The number of carbonyl (C=O) groups is 1. The third kappa shape index (κ3) is 2.47. The zero-order chi connectivity index (χ0) is 13.9. The predicted octanol–water partition coefficient (Wildman–Crippen LogP) is 2.26. The highest BCUT2D eigenvalue weighted by Crippen LogP contribution is 2.18. The molecule has 1 aromatic heterocycles. The Labute approximate surface area is 118 Å². The van der Waals surface area contributed by atoms with E-state index in [1.807, 2.05) is 52.2 Å². The van der Waals surface area contributed by atoms with Crippen molar-refractivity contribution >= 4 is 5.91 Å². The third-order valence-corrected chi connectivity index (χ3v) is 3.64. The Balaban J connectivity index is 1.90. The maximum absolute atomic E-state index is 12.5. The molecular formula is C16H18N2O2. The monoisotopic (exact) mass is 270 g/mol. The van der Waals surface area contributed by atoms with E-state index in [4.69, 9.17) is 4.74 Å². The van der Waals surface area contributed by atoms with Gasteiger partial charge in [0.15, 0.2) is 0 Å². The molecule has 2 aromatic rings. The number of nitrogens with zero attached hydrogens (tertiary/aromatic N) is 2. The summed E-state index contributed by atoms with van der Waals surface area (Å²) in [6.07, 6.45) is 3.98. The van der Waals surface area contributed by atoms with Gasteiger partial charge in [-0.3, -0.25) is 4.79 Å². The summed E-state index contributed by atoms with van der Waals surface area (Å²) in [4.78, 5) is 14.3. The number of hydrogen-bond acceptors (Lipinski definition) is 2. The molecular weight excluding hydrogens is 252 g/mol. The summed E-state index contributed by atoms with van der Waals surface area (Å²) >= 11 is 0. The van der Waals surface area contributed by atoms with E-state index in [9.17, 15) is 4.79 Å². The standard InChI is InChI=1S/C16H18N2O2/c1-13-4-5-14(12-15(13)17-6-2-3-7-17)16(19)18-8-10-20-11-9-18/h2-7,12H,8-11H2,1H3. The molecule has 0 atom stereocenters. The van der Waals surface area contributed by atoms with Gasteiger partial charge in [-0.25, -0.2) is 0 Å². The summed E-state index contributed by atoms with van der Waals surface area (Å²) in [6.45, 7) is 4.65. The maximum Gasteiger partial charge on any atom is 0.254 e. The summed E-state index contributed by atoms with van der Waals surface area (Å²) in [5, 5.41) is 0. The van der Waals surface area contributed by atoms with Crippen LogP contribution in [-0.4, -0.2) is 41.7 Å². The molecule has 0 aliphatic carbocycles. The largest absolute Gasteiger partial charge is 0.378 e. The fraction of sp³-hybridized carbons (Fsp3) is 0.312. The molecule has 0 bridgehead atoms. The van der Waals surface area contributed by atoms with Crippen molar-refractivity contribution in [3.63, 3.8) is 0 Å². The zero-order valence-electron chi connectivity index (χ0n) is 11.6. The summed E-state index contributed by atoms with van der Waals surface area (Å²) in [5.74, 6) is 0.0849. The van der Waals surface area contributed by atoms with Crippen molar-refractivity contribution < 1.29 is 9.53 Å². The average molecular weight is 270 g/mol. The minimum absolute atomic E-state index is 0.0849. The van der Waals surface area contributed by atoms with E-state index < -0.39 is 0 Å². The van der Waals surface area contributed by atoms with E-state index in [-0.39, 0.29) is 5.91 Å². The molecule has 0 spiro atoms. The van der Waals surface area contributed by atoms with Gasteiger partial charge in [-0.05, 0) is 36.8 Å². The molecule has 0 unspecified atom stereocenters. The number of carbonyl (C=O) groups excluding carboxylic acids is 1. The number of amides is 1. The molecule has 20 heavy (non-hydrogen) atoms. The first-order chi connectivity index (χ1) is 9.75. The summed E-state index contributed by atoms with van der Waals surface area (Å²) in [7, 11) is 0. The van der Waals surface area contributed by atoms with Gasteiger partial charge < -0.3 is 14.2 Å². The molecule has 1 amide bonds. The van der Waals surface area contributed by atoms with Crippen LogP contribution in [0, 0.1) is 6.92 Å². The smallest absolute Gasteiger partial charge is 0.254 e. The van der Waals surface area contributed by atoms with Crippen LogP contribution in [0.5, 0.6) is 0 Å². The van der Waals surface area contributed by atoms with Crippen LogP contribution in [0.1, 0.15) is 15.9 Å².